The molecule has 2 heterocycles. The molecule has 0 spiro atoms. The molecule has 140 valence electrons. The SMILES string of the molecule is CCCCOc1c2n(c(CNCCN)cc1=O)CCN(C(C)C)C2=O. The number of pyridine rings is 1. The van der Waals surface area contributed by atoms with Gasteiger partial charge in [-0.15, -0.1) is 0 Å². The number of hydrogen-bond donors (Lipinski definition) is 2. The van der Waals surface area contributed by atoms with Crippen LogP contribution in [0, 0.1) is 0 Å². The first-order valence-corrected chi connectivity index (χ1v) is 9.12. The van der Waals surface area contributed by atoms with Gasteiger partial charge < -0.3 is 25.3 Å². The highest BCUT2D eigenvalue weighted by Crippen LogP contribution is 2.24. The molecule has 0 unspecified atom stereocenters. The molecule has 2 rings (SSSR count). The molecule has 7 heteroatoms. The van der Waals surface area contributed by atoms with E-state index in [1.165, 1.54) is 0 Å². The normalized spacial score (nSPS) is 14.1. The zero-order valence-electron chi connectivity index (χ0n) is 15.5. The van der Waals surface area contributed by atoms with Crippen LogP contribution in [0.5, 0.6) is 5.75 Å². The van der Waals surface area contributed by atoms with Crippen LogP contribution in [-0.2, 0) is 13.1 Å². The molecule has 1 aliphatic rings. The van der Waals surface area contributed by atoms with Crippen molar-refractivity contribution in [3.8, 4) is 5.75 Å². The second kappa shape index (κ2) is 9.01. The van der Waals surface area contributed by atoms with Crippen LogP contribution in [0.2, 0.25) is 0 Å². The molecule has 0 aromatic carbocycles. The number of nitrogens with zero attached hydrogens (tertiary/aromatic N) is 2. The molecule has 1 aromatic rings. The third-order valence-electron chi connectivity index (χ3n) is 4.38. The summed E-state index contributed by atoms with van der Waals surface area (Å²) >= 11 is 0. The quantitative estimate of drug-likeness (QED) is 0.647. The van der Waals surface area contributed by atoms with E-state index < -0.39 is 0 Å². The Morgan fingerprint density at radius 3 is 2.72 bits per heavy atom. The summed E-state index contributed by atoms with van der Waals surface area (Å²) in [4.78, 5) is 27.4. The summed E-state index contributed by atoms with van der Waals surface area (Å²) in [5.74, 6) is 0.0527. The monoisotopic (exact) mass is 350 g/mol. The summed E-state index contributed by atoms with van der Waals surface area (Å²) in [6.45, 7) is 9.44. The Morgan fingerprint density at radius 2 is 2.08 bits per heavy atom. The molecule has 0 saturated carbocycles. The Labute approximate surface area is 149 Å². The van der Waals surface area contributed by atoms with Gasteiger partial charge in [-0.05, 0) is 20.3 Å². The van der Waals surface area contributed by atoms with Crippen LogP contribution in [0.1, 0.15) is 49.8 Å². The molecule has 1 amide bonds. The topological polar surface area (TPSA) is 89.6 Å². The Morgan fingerprint density at radius 1 is 1.32 bits per heavy atom. The molecule has 1 aliphatic heterocycles. The maximum absolute atomic E-state index is 13.0. The molecule has 25 heavy (non-hydrogen) atoms. The molecule has 0 aliphatic carbocycles. The Balaban J connectivity index is 2.44. The maximum atomic E-state index is 13.0. The number of carbonyl (C=O) groups excluding carboxylic acids is 1. The summed E-state index contributed by atoms with van der Waals surface area (Å²) in [5.41, 5.74) is 6.47. The highest BCUT2D eigenvalue weighted by atomic mass is 16.5. The lowest BCUT2D eigenvalue weighted by atomic mass is 10.1. The van der Waals surface area contributed by atoms with Crippen molar-refractivity contribution < 1.29 is 9.53 Å². The molecule has 0 radical (unpaired) electrons. The summed E-state index contributed by atoms with van der Waals surface area (Å²) in [7, 11) is 0. The smallest absolute Gasteiger partial charge is 0.274 e. The number of ether oxygens (including phenoxy) is 1. The first kappa shape index (κ1) is 19.5. The molecule has 1 aromatic heterocycles. The van der Waals surface area contributed by atoms with Crippen LogP contribution in [-0.4, -0.2) is 47.7 Å². The zero-order valence-corrected chi connectivity index (χ0v) is 15.5. The molecule has 7 nitrogen and oxygen atoms in total. The second-order valence-corrected chi connectivity index (χ2v) is 6.59. The average Bonchev–Trinajstić information content (AvgIpc) is 2.57. The number of carbonyl (C=O) groups is 1. The minimum Gasteiger partial charge on any atom is -0.487 e. The molecule has 0 atom stereocenters. The number of fused-ring (bicyclic) bond motifs is 1. The lowest BCUT2D eigenvalue weighted by molar-refractivity contribution is 0.0636. The van der Waals surface area contributed by atoms with Gasteiger partial charge in [-0.25, -0.2) is 0 Å². The Bertz CT molecular complexity index is 654. The van der Waals surface area contributed by atoms with Gasteiger partial charge in [-0.1, -0.05) is 13.3 Å². The van der Waals surface area contributed by atoms with Crippen LogP contribution >= 0.6 is 0 Å². The van der Waals surface area contributed by atoms with Gasteiger partial charge in [-0.3, -0.25) is 9.59 Å². The molecule has 0 fully saturated rings. The number of aromatic nitrogens is 1. The summed E-state index contributed by atoms with van der Waals surface area (Å²) in [6, 6.07) is 1.66. The van der Waals surface area contributed by atoms with Crippen molar-refractivity contribution in [3.63, 3.8) is 0 Å². The predicted molar refractivity (Wildman–Crippen MR) is 98.0 cm³/mol. The second-order valence-electron chi connectivity index (χ2n) is 6.59. The number of hydrogen-bond acceptors (Lipinski definition) is 5. The molecule has 0 bridgehead atoms. The third-order valence-corrected chi connectivity index (χ3v) is 4.38. The van der Waals surface area contributed by atoms with Gasteiger partial charge >= 0.3 is 0 Å². The van der Waals surface area contributed by atoms with E-state index in [2.05, 4.69) is 12.2 Å². The fourth-order valence-electron chi connectivity index (χ4n) is 3.01. The number of nitrogens with one attached hydrogen (secondary N) is 1. The van der Waals surface area contributed by atoms with Crippen molar-refractivity contribution in [3.05, 3.63) is 27.7 Å². The maximum Gasteiger partial charge on any atom is 0.274 e. The van der Waals surface area contributed by atoms with Crippen LogP contribution in [0.15, 0.2) is 10.9 Å². The fourth-order valence-corrected chi connectivity index (χ4v) is 3.01. The van der Waals surface area contributed by atoms with Crippen molar-refractivity contribution in [2.45, 2.75) is 52.7 Å². The van der Waals surface area contributed by atoms with E-state index in [9.17, 15) is 9.59 Å². The van der Waals surface area contributed by atoms with Crippen molar-refractivity contribution in [2.24, 2.45) is 5.73 Å². The number of amides is 1. The van der Waals surface area contributed by atoms with E-state index in [0.29, 0.717) is 45.0 Å². The highest BCUT2D eigenvalue weighted by Gasteiger charge is 2.32. The summed E-state index contributed by atoms with van der Waals surface area (Å²) < 4.78 is 7.66. The molecular weight excluding hydrogens is 320 g/mol. The average molecular weight is 350 g/mol. The van der Waals surface area contributed by atoms with Crippen molar-refractivity contribution >= 4 is 5.91 Å². The zero-order chi connectivity index (χ0) is 18.4. The number of unbranched alkanes of at least 4 members (excludes halogenated alkanes) is 1. The van der Waals surface area contributed by atoms with Gasteiger partial charge in [0.05, 0.1) is 6.61 Å². The molecule has 3 N–H and O–H groups in total. The Hall–Kier alpha value is -1.86. The first-order valence-electron chi connectivity index (χ1n) is 9.12. The van der Waals surface area contributed by atoms with Gasteiger partial charge in [-0.2, -0.15) is 0 Å². The van der Waals surface area contributed by atoms with E-state index in [4.69, 9.17) is 10.5 Å². The van der Waals surface area contributed by atoms with E-state index in [1.807, 2.05) is 18.4 Å². The van der Waals surface area contributed by atoms with Gasteiger partial charge in [0.1, 0.15) is 0 Å². The third kappa shape index (κ3) is 4.41. The van der Waals surface area contributed by atoms with Gasteiger partial charge in [0.15, 0.2) is 11.4 Å². The van der Waals surface area contributed by atoms with Crippen LogP contribution in [0.3, 0.4) is 0 Å². The van der Waals surface area contributed by atoms with Crippen molar-refractivity contribution in [1.82, 2.24) is 14.8 Å². The van der Waals surface area contributed by atoms with Gasteiger partial charge in [0.2, 0.25) is 5.43 Å². The van der Waals surface area contributed by atoms with E-state index in [1.54, 1.807) is 11.0 Å². The van der Waals surface area contributed by atoms with E-state index in [-0.39, 0.29) is 23.1 Å². The summed E-state index contributed by atoms with van der Waals surface area (Å²) in [5, 5.41) is 3.20. The fraction of sp³-hybridized carbons (Fsp3) is 0.667. The molecule has 0 saturated heterocycles. The van der Waals surface area contributed by atoms with Crippen LogP contribution in [0.4, 0.5) is 0 Å². The van der Waals surface area contributed by atoms with Crippen LogP contribution < -0.4 is 21.2 Å². The van der Waals surface area contributed by atoms with Crippen molar-refractivity contribution in [2.75, 3.05) is 26.2 Å². The lowest BCUT2D eigenvalue weighted by Crippen LogP contribution is -2.46. The standard InChI is InChI=1S/C18H30N4O3/c1-4-5-10-25-17-15(23)11-14(12-20-7-6-19)22-9-8-21(13(2)3)18(24)16(17)22/h11,13,20H,4-10,12,19H2,1-3H3. The summed E-state index contributed by atoms with van der Waals surface area (Å²) in [6.07, 6.45) is 1.82. The number of nitrogens with two attached hydrogens (primary N) is 1. The minimum absolute atomic E-state index is 0.0823. The van der Waals surface area contributed by atoms with Crippen molar-refractivity contribution in [1.29, 1.82) is 0 Å². The lowest BCUT2D eigenvalue weighted by Gasteiger charge is -2.35. The Kier molecular flexibility index (Phi) is 7.01. The largest absolute Gasteiger partial charge is 0.487 e. The highest BCUT2D eigenvalue weighted by molar-refractivity contribution is 5.96. The van der Waals surface area contributed by atoms with Crippen LogP contribution in [0.25, 0.3) is 0 Å². The number of rotatable bonds is 9. The van der Waals surface area contributed by atoms with Gasteiger partial charge in [0.25, 0.3) is 5.91 Å². The first-order chi connectivity index (χ1) is 12.0. The van der Waals surface area contributed by atoms with E-state index in [0.717, 1.165) is 18.5 Å². The minimum atomic E-state index is -0.231. The predicted octanol–water partition coefficient (Wildman–Crippen LogP) is 0.940. The molecular formula is C18H30N4O3. The van der Waals surface area contributed by atoms with Gasteiger partial charge in [0, 0.05) is 50.5 Å². The van der Waals surface area contributed by atoms with E-state index >= 15 is 0 Å².